The van der Waals surface area contributed by atoms with Gasteiger partial charge in [-0.05, 0) is 38.8 Å². The van der Waals surface area contributed by atoms with Crippen molar-refractivity contribution in [2.45, 2.75) is 52.0 Å². The number of nitrogens with one attached hydrogen (secondary N) is 1. The Hall–Kier alpha value is -0.860. The van der Waals surface area contributed by atoms with Crippen molar-refractivity contribution >= 4 is 0 Å². The van der Waals surface area contributed by atoms with Gasteiger partial charge in [-0.1, -0.05) is 43.7 Å². The zero-order valence-corrected chi connectivity index (χ0v) is 12.3. The second-order valence-electron chi connectivity index (χ2n) is 6.05. The summed E-state index contributed by atoms with van der Waals surface area (Å²) in [6.45, 7) is 10.9. The minimum absolute atomic E-state index is 0.181. The van der Waals surface area contributed by atoms with Gasteiger partial charge in [-0.15, -0.1) is 0 Å². The maximum atomic E-state index is 5.74. The number of benzene rings is 1. The third-order valence-electron chi connectivity index (χ3n) is 3.38. The first kappa shape index (κ1) is 15.2. The van der Waals surface area contributed by atoms with E-state index >= 15 is 0 Å². The molecule has 0 bridgehead atoms. The van der Waals surface area contributed by atoms with Gasteiger partial charge < -0.3 is 11.1 Å². The summed E-state index contributed by atoms with van der Waals surface area (Å²) in [4.78, 5) is 0. The molecule has 102 valence electrons. The molecule has 1 aromatic carbocycles. The zero-order chi connectivity index (χ0) is 13.6. The quantitative estimate of drug-likeness (QED) is 0.728. The molecule has 0 saturated heterocycles. The van der Waals surface area contributed by atoms with E-state index in [1.807, 2.05) is 0 Å². The predicted molar refractivity (Wildman–Crippen MR) is 80.0 cm³/mol. The SMILES string of the molecule is Cc1cccc(C(C)(C)CNCCCC(C)N)c1. The minimum atomic E-state index is 0.181. The lowest BCUT2D eigenvalue weighted by atomic mass is 9.84. The maximum absolute atomic E-state index is 5.74. The van der Waals surface area contributed by atoms with Crippen LogP contribution < -0.4 is 11.1 Å². The molecule has 1 aromatic rings. The van der Waals surface area contributed by atoms with E-state index in [-0.39, 0.29) is 5.41 Å². The fourth-order valence-electron chi connectivity index (χ4n) is 2.12. The van der Waals surface area contributed by atoms with Gasteiger partial charge in [-0.2, -0.15) is 0 Å². The third-order valence-corrected chi connectivity index (χ3v) is 3.38. The molecule has 0 aliphatic heterocycles. The van der Waals surface area contributed by atoms with Crippen LogP contribution in [0.1, 0.15) is 44.7 Å². The van der Waals surface area contributed by atoms with E-state index in [1.165, 1.54) is 11.1 Å². The molecule has 0 aliphatic rings. The first-order valence-electron chi connectivity index (χ1n) is 6.95. The molecule has 0 fully saturated rings. The Balaban J connectivity index is 2.40. The molecular weight excluding hydrogens is 220 g/mol. The molecule has 0 spiro atoms. The molecule has 0 radical (unpaired) electrons. The van der Waals surface area contributed by atoms with E-state index in [0.717, 1.165) is 25.9 Å². The van der Waals surface area contributed by atoms with Gasteiger partial charge in [0.25, 0.3) is 0 Å². The number of hydrogen-bond donors (Lipinski definition) is 2. The van der Waals surface area contributed by atoms with Gasteiger partial charge in [-0.3, -0.25) is 0 Å². The van der Waals surface area contributed by atoms with Crippen molar-refractivity contribution in [2.75, 3.05) is 13.1 Å². The number of rotatable bonds is 7. The Kier molecular flexibility index (Phi) is 5.83. The van der Waals surface area contributed by atoms with Crippen molar-refractivity contribution < 1.29 is 0 Å². The van der Waals surface area contributed by atoms with Crippen LogP contribution in [0.3, 0.4) is 0 Å². The van der Waals surface area contributed by atoms with Crippen LogP contribution in [0.2, 0.25) is 0 Å². The molecule has 0 amide bonds. The largest absolute Gasteiger partial charge is 0.328 e. The molecular formula is C16H28N2. The van der Waals surface area contributed by atoms with E-state index in [2.05, 4.69) is 57.3 Å². The van der Waals surface area contributed by atoms with Crippen LogP contribution in [0.5, 0.6) is 0 Å². The molecule has 1 unspecified atom stereocenters. The van der Waals surface area contributed by atoms with E-state index in [4.69, 9.17) is 5.73 Å². The molecule has 0 heterocycles. The normalized spacial score (nSPS) is 13.6. The smallest absolute Gasteiger partial charge is 0.00431 e. The Morgan fingerprint density at radius 3 is 2.67 bits per heavy atom. The van der Waals surface area contributed by atoms with Crippen LogP contribution in [-0.2, 0) is 5.41 Å². The van der Waals surface area contributed by atoms with E-state index in [9.17, 15) is 0 Å². The van der Waals surface area contributed by atoms with E-state index in [1.54, 1.807) is 0 Å². The summed E-state index contributed by atoms with van der Waals surface area (Å²) in [7, 11) is 0. The molecule has 1 rings (SSSR count). The summed E-state index contributed by atoms with van der Waals surface area (Å²) in [5.74, 6) is 0. The van der Waals surface area contributed by atoms with Crippen molar-refractivity contribution in [3.05, 3.63) is 35.4 Å². The Morgan fingerprint density at radius 1 is 1.33 bits per heavy atom. The molecule has 2 heteroatoms. The first-order chi connectivity index (χ1) is 8.42. The number of aryl methyl sites for hydroxylation is 1. The maximum Gasteiger partial charge on any atom is 0.00431 e. The van der Waals surface area contributed by atoms with Gasteiger partial charge in [0.05, 0.1) is 0 Å². The molecule has 0 aliphatic carbocycles. The van der Waals surface area contributed by atoms with Crippen LogP contribution in [0.4, 0.5) is 0 Å². The van der Waals surface area contributed by atoms with Crippen LogP contribution in [0.15, 0.2) is 24.3 Å². The van der Waals surface area contributed by atoms with Crippen molar-refractivity contribution in [3.8, 4) is 0 Å². The summed E-state index contributed by atoms with van der Waals surface area (Å²) >= 11 is 0. The van der Waals surface area contributed by atoms with E-state index < -0.39 is 0 Å². The van der Waals surface area contributed by atoms with Gasteiger partial charge >= 0.3 is 0 Å². The zero-order valence-electron chi connectivity index (χ0n) is 12.3. The molecule has 0 aromatic heterocycles. The molecule has 18 heavy (non-hydrogen) atoms. The first-order valence-corrected chi connectivity index (χ1v) is 6.95. The topological polar surface area (TPSA) is 38.0 Å². The highest BCUT2D eigenvalue weighted by Gasteiger charge is 2.19. The second-order valence-corrected chi connectivity index (χ2v) is 6.05. The standard InChI is InChI=1S/C16H28N2/c1-13-7-5-9-15(11-13)16(3,4)12-18-10-6-8-14(2)17/h5,7,9,11,14,18H,6,8,10,12,17H2,1-4H3. The van der Waals surface area contributed by atoms with Crippen molar-refractivity contribution in [1.82, 2.24) is 5.32 Å². The van der Waals surface area contributed by atoms with Gasteiger partial charge in [0.2, 0.25) is 0 Å². The van der Waals surface area contributed by atoms with Crippen LogP contribution in [0, 0.1) is 6.92 Å². The van der Waals surface area contributed by atoms with Crippen LogP contribution in [-0.4, -0.2) is 19.1 Å². The fraction of sp³-hybridized carbons (Fsp3) is 0.625. The van der Waals surface area contributed by atoms with Gasteiger partial charge in [-0.25, -0.2) is 0 Å². The fourth-order valence-corrected chi connectivity index (χ4v) is 2.12. The Bertz CT molecular complexity index is 356. The summed E-state index contributed by atoms with van der Waals surface area (Å²) in [5, 5.41) is 3.54. The third kappa shape index (κ3) is 5.19. The lowest BCUT2D eigenvalue weighted by Crippen LogP contribution is -2.34. The minimum Gasteiger partial charge on any atom is -0.328 e. The average molecular weight is 248 g/mol. The molecule has 3 N–H and O–H groups in total. The summed E-state index contributed by atoms with van der Waals surface area (Å²) in [6.07, 6.45) is 2.25. The highest BCUT2D eigenvalue weighted by atomic mass is 14.9. The highest BCUT2D eigenvalue weighted by Crippen LogP contribution is 2.22. The number of hydrogen-bond acceptors (Lipinski definition) is 2. The van der Waals surface area contributed by atoms with Gasteiger partial charge in [0.15, 0.2) is 0 Å². The second kappa shape index (κ2) is 6.91. The van der Waals surface area contributed by atoms with E-state index in [0.29, 0.717) is 6.04 Å². The summed E-state index contributed by atoms with van der Waals surface area (Å²) in [5.41, 5.74) is 8.66. The monoisotopic (exact) mass is 248 g/mol. The summed E-state index contributed by atoms with van der Waals surface area (Å²) in [6, 6.07) is 9.11. The molecule has 2 nitrogen and oxygen atoms in total. The Morgan fingerprint density at radius 2 is 2.06 bits per heavy atom. The van der Waals surface area contributed by atoms with Crippen molar-refractivity contribution in [3.63, 3.8) is 0 Å². The molecule has 1 atom stereocenters. The lowest BCUT2D eigenvalue weighted by Gasteiger charge is -2.26. The predicted octanol–water partition coefficient (Wildman–Crippen LogP) is 2.99. The molecule has 0 saturated carbocycles. The van der Waals surface area contributed by atoms with Crippen molar-refractivity contribution in [2.24, 2.45) is 5.73 Å². The lowest BCUT2D eigenvalue weighted by molar-refractivity contribution is 0.458. The highest BCUT2D eigenvalue weighted by molar-refractivity contribution is 5.28. The van der Waals surface area contributed by atoms with Gasteiger partial charge in [0.1, 0.15) is 0 Å². The van der Waals surface area contributed by atoms with Crippen LogP contribution in [0.25, 0.3) is 0 Å². The van der Waals surface area contributed by atoms with Crippen molar-refractivity contribution in [1.29, 1.82) is 0 Å². The summed E-state index contributed by atoms with van der Waals surface area (Å²) < 4.78 is 0. The Labute approximate surface area is 112 Å². The number of nitrogens with two attached hydrogens (primary N) is 1. The van der Waals surface area contributed by atoms with Crippen LogP contribution >= 0.6 is 0 Å². The average Bonchev–Trinajstić information content (AvgIpc) is 2.28. The van der Waals surface area contributed by atoms with Gasteiger partial charge in [0, 0.05) is 18.0 Å².